The van der Waals surface area contributed by atoms with Gasteiger partial charge in [-0.1, -0.05) is 11.6 Å². The summed E-state index contributed by atoms with van der Waals surface area (Å²) in [5.41, 5.74) is -0.934. The molecular weight excluding hydrogens is 216 g/mol. The van der Waals surface area contributed by atoms with Gasteiger partial charge in [0.2, 0.25) is 0 Å². The third kappa shape index (κ3) is 1.82. The molecule has 0 spiro atoms. The van der Waals surface area contributed by atoms with Gasteiger partial charge in [-0.15, -0.1) is 0 Å². The van der Waals surface area contributed by atoms with Crippen molar-refractivity contribution in [1.82, 2.24) is 4.98 Å². The minimum absolute atomic E-state index is 0.0478. The maximum absolute atomic E-state index is 12.5. The fourth-order valence-electron chi connectivity index (χ4n) is 1.01. The van der Waals surface area contributed by atoms with Gasteiger partial charge in [-0.2, -0.15) is 0 Å². The first-order chi connectivity index (χ1) is 6.61. The van der Waals surface area contributed by atoms with Crippen molar-refractivity contribution >= 4 is 17.9 Å². The number of aldehydes is 1. The van der Waals surface area contributed by atoms with E-state index in [1.54, 1.807) is 0 Å². The zero-order valence-corrected chi connectivity index (χ0v) is 7.89. The van der Waals surface area contributed by atoms with E-state index in [-0.39, 0.29) is 22.8 Å². The molecule has 0 amide bonds. The summed E-state index contributed by atoms with van der Waals surface area (Å²) in [6.07, 6.45) is -1.52. The van der Waals surface area contributed by atoms with E-state index in [1.165, 1.54) is 7.11 Å². The Morgan fingerprint density at radius 2 is 2.29 bits per heavy atom. The molecule has 0 atom stereocenters. The van der Waals surface area contributed by atoms with Gasteiger partial charge in [-0.25, -0.2) is 8.78 Å². The van der Waals surface area contributed by atoms with Crippen LogP contribution in [0.5, 0.6) is 5.75 Å². The van der Waals surface area contributed by atoms with Crippen molar-refractivity contribution in [2.45, 2.75) is 6.43 Å². The molecule has 0 saturated heterocycles. The molecule has 0 aromatic carbocycles. The number of pyridine rings is 1. The second-order valence-electron chi connectivity index (χ2n) is 2.36. The summed E-state index contributed by atoms with van der Waals surface area (Å²) in [6.45, 7) is 0. The molecule has 0 fully saturated rings. The zero-order chi connectivity index (χ0) is 10.7. The SMILES string of the molecule is COc1c(Cl)cnc(C=O)c1C(F)F. The van der Waals surface area contributed by atoms with E-state index in [0.717, 1.165) is 6.20 Å². The van der Waals surface area contributed by atoms with Gasteiger partial charge in [0.1, 0.15) is 16.5 Å². The molecule has 0 aliphatic heterocycles. The third-order valence-corrected chi connectivity index (χ3v) is 1.86. The number of nitrogens with zero attached hydrogens (tertiary/aromatic N) is 1. The van der Waals surface area contributed by atoms with Gasteiger partial charge in [0, 0.05) is 0 Å². The summed E-state index contributed by atoms with van der Waals surface area (Å²) in [7, 11) is 1.20. The lowest BCUT2D eigenvalue weighted by Gasteiger charge is -2.10. The van der Waals surface area contributed by atoms with Crippen molar-refractivity contribution in [3.05, 3.63) is 22.5 Å². The van der Waals surface area contributed by atoms with Gasteiger partial charge < -0.3 is 4.74 Å². The molecule has 1 rings (SSSR count). The normalized spacial score (nSPS) is 10.4. The molecule has 0 saturated carbocycles. The molecule has 0 aliphatic carbocycles. The van der Waals surface area contributed by atoms with Gasteiger partial charge in [0.25, 0.3) is 6.43 Å². The smallest absolute Gasteiger partial charge is 0.269 e. The molecule has 3 nitrogen and oxygen atoms in total. The van der Waals surface area contributed by atoms with Gasteiger partial charge in [-0.3, -0.25) is 9.78 Å². The maximum Gasteiger partial charge on any atom is 0.269 e. The number of hydrogen-bond acceptors (Lipinski definition) is 3. The van der Waals surface area contributed by atoms with Crippen molar-refractivity contribution in [1.29, 1.82) is 0 Å². The lowest BCUT2D eigenvalue weighted by atomic mass is 10.2. The van der Waals surface area contributed by atoms with Gasteiger partial charge in [-0.05, 0) is 0 Å². The highest BCUT2D eigenvalue weighted by molar-refractivity contribution is 6.32. The fourth-order valence-corrected chi connectivity index (χ4v) is 1.24. The first kappa shape index (κ1) is 10.8. The summed E-state index contributed by atoms with van der Waals surface area (Å²) < 4.78 is 29.7. The van der Waals surface area contributed by atoms with Gasteiger partial charge >= 0.3 is 0 Å². The molecule has 14 heavy (non-hydrogen) atoms. The molecule has 6 heteroatoms. The Bertz CT molecular complexity index is 357. The fraction of sp³-hybridized carbons (Fsp3) is 0.250. The van der Waals surface area contributed by atoms with Gasteiger partial charge in [0.05, 0.1) is 18.9 Å². The Hall–Kier alpha value is -1.23. The second kappa shape index (κ2) is 4.32. The molecule has 1 aromatic heterocycles. The molecule has 0 radical (unpaired) electrons. The Balaban J connectivity index is 3.43. The summed E-state index contributed by atoms with van der Waals surface area (Å²) in [5, 5.41) is -0.0478. The minimum atomic E-state index is -2.85. The highest BCUT2D eigenvalue weighted by Crippen LogP contribution is 2.35. The zero-order valence-electron chi connectivity index (χ0n) is 7.13. The van der Waals surface area contributed by atoms with E-state index in [1.807, 2.05) is 0 Å². The number of alkyl halides is 2. The van der Waals surface area contributed by atoms with Crippen LogP contribution in [0.4, 0.5) is 8.78 Å². The van der Waals surface area contributed by atoms with Crippen LogP contribution in [0.25, 0.3) is 0 Å². The quantitative estimate of drug-likeness (QED) is 0.736. The summed E-state index contributed by atoms with van der Waals surface area (Å²) in [6, 6.07) is 0. The molecule has 0 bridgehead atoms. The molecule has 76 valence electrons. The Morgan fingerprint density at radius 1 is 1.64 bits per heavy atom. The molecule has 0 aliphatic rings. The number of methoxy groups -OCH3 is 1. The number of aromatic nitrogens is 1. The van der Waals surface area contributed by atoms with Crippen molar-refractivity contribution < 1.29 is 18.3 Å². The standard InChI is InChI=1S/C8H6ClF2NO2/c1-14-7-4(9)2-12-5(3-13)6(7)8(10)11/h2-3,8H,1H3. The monoisotopic (exact) mass is 221 g/mol. The van der Waals surface area contributed by atoms with Crippen LogP contribution in [0.1, 0.15) is 22.5 Å². The van der Waals surface area contributed by atoms with Crippen LogP contribution in [-0.4, -0.2) is 18.4 Å². The van der Waals surface area contributed by atoms with Crippen LogP contribution in [0.2, 0.25) is 5.02 Å². The van der Waals surface area contributed by atoms with Crippen LogP contribution < -0.4 is 4.74 Å². The average molecular weight is 222 g/mol. The van der Waals surface area contributed by atoms with E-state index in [2.05, 4.69) is 9.72 Å². The number of ether oxygens (including phenoxy) is 1. The molecular formula is C8H6ClF2NO2. The molecule has 1 aromatic rings. The van der Waals surface area contributed by atoms with Gasteiger partial charge in [0.15, 0.2) is 6.29 Å². The molecule has 1 heterocycles. The third-order valence-electron chi connectivity index (χ3n) is 1.59. The lowest BCUT2D eigenvalue weighted by Crippen LogP contribution is -2.01. The predicted molar refractivity (Wildman–Crippen MR) is 46.1 cm³/mol. The van der Waals surface area contributed by atoms with Crippen LogP contribution >= 0.6 is 11.6 Å². The van der Waals surface area contributed by atoms with E-state index in [9.17, 15) is 13.6 Å². The van der Waals surface area contributed by atoms with Crippen LogP contribution in [0, 0.1) is 0 Å². The van der Waals surface area contributed by atoms with Crippen LogP contribution in [-0.2, 0) is 0 Å². The number of carbonyl (C=O) groups excluding carboxylic acids is 1. The van der Waals surface area contributed by atoms with Crippen molar-refractivity contribution in [2.24, 2.45) is 0 Å². The second-order valence-corrected chi connectivity index (χ2v) is 2.76. The maximum atomic E-state index is 12.5. The average Bonchev–Trinajstić information content (AvgIpc) is 2.17. The molecule has 0 unspecified atom stereocenters. The van der Waals surface area contributed by atoms with Crippen LogP contribution in [0.3, 0.4) is 0 Å². The Kier molecular flexibility index (Phi) is 3.35. The van der Waals surface area contributed by atoms with Crippen LogP contribution in [0.15, 0.2) is 6.20 Å². The van der Waals surface area contributed by atoms with E-state index in [0.29, 0.717) is 0 Å². The predicted octanol–water partition coefficient (Wildman–Crippen LogP) is 2.49. The molecule has 0 N–H and O–H groups in total. The number of carbonyl (C=O) groups is 1. The van der Waals surface area contributed by atoms with Crippen molar-refractivity contribution in [3.63, 3.8) is 0 Å². The number of halogens is 3. The van der Waals surface area contributed by atoms with Crippen molar-refractivity contribution in [3.8, 4) is 5.75 Å². The number of rotatable bonds is 3. The first-order valence-electron chi connectivity index (χ1n) is 3.57. The largest absolute Gasteiger partial charge is 0.495 e. The first-order valence-corrected chi connectivity index (χ1v) is 3.95. The highest BCUT2D eigenvalue weighted by atomic mass is 35.5. The summed E-state index contributed by atoms with van der Waals surface area (Å²) in [5.74, 6) is -0.209. The topological polar surface area (TPSA) is 39.2 Å². The van der Waals surface area contributed by atoms with E-state index in [4.69, 9.17) is 11.6 Å². The minimum Gasteiger partial charge on any atom is -0.495 e. The number of hydrogen-bond donors (Lipinski definition) is 0. The Labute approximate surface area is 83.7 Å². The highest BCUT2D eigenvalue weighted by Gasteiger charge is 2.22. The van der Waals surface area contributed by atoms with Crippen molar-refractivity contribution in [2.75, 3.05) is 7.11 Å². The summed E-state index contributed by atoms with van der Waals surface area (Å²) in [4.78, 5) is 13.9. The Morgan fingerprint density at radius 3 is 2.71 bits per heavy atom. The van der Waals surface area contributed by atoms with E-state index < -0.39 is 12.0 Å². The lowest BCUT2D eigenvalue weighted by molar-refractivity contribution is 0.109. The summed E-state index contributed by atoms with van der Waals surface area (Å²) >= 11 is 5.57. The van der Waals surface area contributed by atoms with E-state index >= 15 is 0 Å².